The molecule has 0 heterocycles. The van der Waals surface area contributed by atoms with Crippen LogP contribution in [0.3, 0.4) is 0 Å². The van der Waals surface area contributed by atoms with E-state index in [9.17, 15) is 19.5 Å². The van der Waals surface area contributed by atoms with Crippen molar-refractivity contribution in [3.63, 3.8) is 0 Å². The topological polar surface area (TPSA) is 80.7 Å². The second kappa shape index (κ2) is 7.67. The number of halogens is 2. The first-order valence-corrected chi connectivity index (χ1v) is 12.6. The number of carbonyl (C=O) groups excluding carboxylic acids is 3. The number of esters is 1. The maximum absolute atomic E-state index is 17.2. The quantitative estimate of drug-likeness (QED) is 0.473. The van der Waals surface area contributed by atoms with Crippen LogP contribution in [0.2, 0.25) is 0 Å². The molecule has 0 spiro atoms. The number of hydrogen-bond donors (Lipinski definition) is 1. The van der Waals surface area contributed by atoms with Crippen LogP contribution in [-0.2, 0) is 19.1 Å². The molecule has 0 aromatic heterocycles. The summed E-state index contributed by atoms with van der Waals surface area (Å²) < 4.78 is 23.0. The SMILES string of the molecule is CC(=O)O[C@]1(C(=O)SCCl)[C@@H](C)C[C@H]2[C@@H]3CCC4=CC(=O)C=C[C@]4(C)[C@@]3(F)[C@@H](O)C[C@@]21C. The molecule has 0 aliphatic heterocycles. The van der Waals surface area contributed by atoms with Gasteiger partial charge in [0.25, 0.3) is 0 Å². The third kappa shape index (κ3) is 2.83. The van der Waals surface area contributed by atoms with E-state index in [1.165, 1.54) is 19.1 Å². The molecule has 0 radical (unpaired) electrons. The molecule has 4 rings (SSSR count). The molecule has 8 heteroatoms. The molecule has 3 fully saturated rings. The van der Waals surface area contributed by atoms with Crippen molar-refractivity contribution in [2.45, 2.75) is 70.8 Å². The Morgan fingerprint density at radius 2 is 2.03 bits per heavy atom. The molecule has 0 bridgehead atoms. The van der Waals surface area contributed by atoms with Crippen LogP contribution in [0.1, 0.15) is 53.4 Å². The molecule has 1 N–H and O–H groups in total. The molecule has 0 aromatic carbocycles. The second-order valence-electron chi connectivity index (χ2n) is 10.3. The number of aliphatic hydroxyl groups excluding tert-OH is 1. The van der Waals surface area contributed by atoms with E-state index in [0.717, 1.165) is 11.8 Å². The second-order valence-corrected chi connectivity index (χ2v) is 11.8. The maximum atomic E-state index is 17.2. The van der Waals surface area contributed by atoms with Crippen LogP contribution in [0.15, 0.2) is 23.8 Å². The minimum absolute atomic E-state index is 0.0133. The zero-order valence-electron chi connectivity index (χ0n) is 18.8. The molecule has 0 amide bonds. The van der Waals surface area contributed by atoms with Crippen molar-refractivity contribution in [2.75, 3.05) is 5.21 Å². The smallest absolute Gasteiger partial charge is 0.303 e. The van der Waals surface area contributed by atoms with Gasteiger partial charge in [0.05, 0.1) is 11.3 Å². The zero-order valence-corrected chi connectivity index (χ0v) is 20.4. The Balaban J connectivity index is 1.85. The minimum Gasteiger partial charge on any atom is -0.449 e. The monoisotopic (exact) mass is 484 g/mol. The molecule has 4 aliphatic carbocycles. The normalized spacial score (nSPS) is 47.2. The number of ketones is 1. The summed E-state index contributed by atoms with van der Waals surface area (Å²) in [6.07, 6.45) is 4.57. The Morgan fingerprint density at radius 3 is 2.66 bits per heavy atom. The van der Waals surface area contributed by atoms with E-state index in [-0.39, 0.29) is 34.4 Å². The average Bonchev–Trinajstić information content (AvgIpc) is 2.91. The van der Waals surface area contributed by atoms with Crippen LogP contribution < -0.4 is 0 Å². The van der Waals surface area contributed by atoms with Crippen molar-refractivity contribution in [3.8, 4) is 0 Å². The fourth-order valence-corrected chi connectivity index (χ4v) is 8.69. The molecule has 0 unspecified atom stereocenters. The largest absolute Gasteiger partial charge is 0.449 e. The highest BCUT2D eigenvalue weighted by Gasteiger charge is 2.77. The lowest BCUT2D eigenvalue weighted by molar-refractivity contribution is -0.224. The Morgan fingerprint density at radius 1 is 1.34 bits per heavy atom. The average molecular weight is 485 g/mol. The van der Waals surface area contributed by atoms with Gasteiger partial charge in [-0.1, -0.05) is 37.3 Å². The van der Waals surface area contributed by atoms with Crippen molar-refractivity contribution < 1.29 is 28.6 Å². The van der Waals surface area contributed by atoms with E-state index in [2.05, 4.69) is 0 Å². The number of hydrogen-bond acceptors (Lipinski definition) is 6. The number of thioether (sulfide) groups is 1. The predicted octanol–water partition coefficient (Wildman–Crippen LogP) is 4.36. The number of ether oxygens (including phenoxy) is 1. The van der Waals surface area contributed by atoms with Crippen molar-refractivity contribution in [1.29, 1.82) is 0 Å². The molecule has 3 saturated carbocycles. The fraction of sp³-hybridized carbons (Fsp3) is 0.708. The summed E-state index contributed by atoms with van der Waals surface area (Å²) in [7, 11) is 0. The highest BCUT2D eigenvalue weighted by molar-refractivity contribution is 8.14. The van der Waals surface area contributed by atoms with Crippen molar-refractivity contribution >= 4 is 40.2 Å². The van der Waals surface area contributed by atoms with Crippen LogP contribution in [0.4, 0.5) is 4.39 Å². The van der Waals surface area contributed by atoms with Crippen LogP contribution in [0.25, 0.3) is 0 Å². The van der Waals surface area contributed by atoms with Gasteiger partial charge in [-0.25, -0.2) is 4.39 Å². The van der Waals surface area contributed by atoms with Crippen molar-refractivity contribution in [1.82, 2.24) is 0 Å². The predicted molar refractivity (Wildman–Crippen MR) is 121 cm³/mol. The van der Waals surface area contributed by atoms with Gasteiger partial charge in [0.15, 0.2) is 17.1 Å². The molecule has 176 valence electrons. The third-order valence-corrected chi connectivity index (χ3v) is 9.98. The Kier molecular flexibility index (Phi) is 5.74. The fourth-order valence-electron chi connectivity index (χ4n) is 7.61. The maximum Gasteiger partial charge on any atom is 0.303 e. The van der Waals surface area contributed by atoms with E-state index >= 15 is 4.39 Å². The summed E-state index contributed by atoms with van der Waals surface area (Å²) in [4.78, 5) is 37.5. The molecule has 0 saturated heterocycles. The molecule has 8 atom stereocenters. The number of allylic oxidation sites excluding steroid dienone is 4. The van der Waals surface area contributed by atoms with Crippen molar-refractivity contribution in [3.05, 3.63) is 23.8 Å². The minimum atomic E-state index is -1.99. The summed E-state index contributed by atoms with van der Waals surface area (Å²) in [5, 5.41) is 11.1. The standard InChI is InChI=1S/C24H30ClFO5S/c1-13-9-18-17-6-5-15-10-16(28)7-8-21(15,3)23(17,26)19(29)11-22(18,4)24(13,31-14(2)27)20(30)32-12-25/h7-8,10,13,17-19,29H,5-6,9,11-12H2,1-4H3/t13-,17-,18-,19-,21-,22-,23-,24-/m0/s1. The molecule has 0 aromatic rings. The summed E-state index contributed by atoms with van der Waals surface area (Å²) in [6, 6.07) is 0. The van der Waals surface area contributed by atoms with Gasteiger partial charge >= 0.3 is 5.97 Å². The van der Waals surface area contributed by atoms with Crippen molar-refractivity contribution in [2.24, 2.45) is 28.6 Å². The number of aliphatic hydroxyl groups is 1. The van der Waals surface area contributed by atoms with Gasteiger partial charge < -0.3 is 9.84 Å². The lowest BCUT2D eigenvalue weighted by atomic mass is 9.45. The van der Waals surface area contributed by atoms with Crippen LogP contribution in [0, 0.1) is 28.6 Å². The number of rotatable bonds is 3. The molecule has 32 heavy (non-hydrogen) atoms. The van der Waals surface area contributed by atoms with Gasteiger partial charge in [0.1, 0.15) is 0 Å². The number of carbonyl (C=O) groups is 3. The molecular formula is C24H30ClFO5S. The van der Waals surface area contributed by atoms with Crippen LogP contribution in [0.5, 0.6) is 0 Å². The molecule has 4 aliphatic rings. The lowest BCUT2D eigenvalue weighted by Gasteiger charge is -2.62. The first-order chi connectivity index (χ1) is 14.9. The third-order valence-electron chi connectivity index (χ3n) is 8.97. The van der Waals surface area contributed by atoms with E-state index in [1.807, 2.05) is 13.8 Å². The Bertz CT molecular complexity index is 935. The van der Waals surface area contributed by atoms with Gasteiger partial charge in [0.2, 0.25) is 5.12 Å². The van der Waals surface area contributed by atoms with Gasteiger partial charge in [-0.3, -0.25) is 14.4 Å². The summed E-state index contributed by atoms with van der Waals surface area (Å²) in [6.45, 7) is 6.74. The molecule has 5 nitrogen and oxygen atoms in total. The van der Waals surface area contributed by atoms with Gasteiger partial charge in [0, 0.05) is 29.6 Å². The van der Waals surface area contributed by atoms with Crippen LogP contribution >= 0.6 is 23.4 Å². The Hall–Kier alpha value is -1.18. The number of alkyl halides is 2. The van der Waals surface area contributed by atoms with Crippen LogP contribution in [-0.4, -0.2) is 44.6 Å². The molecular weight excluding hydrogens is 455 g/mol. The summed E-state index contributed by atoms with van der Waals surface area (Å²) in [5.74, 6) is -1.93. The van der Waals surface area contributed by atoms with E-state index in [0.29, 0.717) is 24.8 Å². The van der Waals surface area contributed by atoms with E-state index in [4.69, 9.17) is 16.3 Å². The summed E-state index contributed by atoms with van der Waals surface area (Å²) in [5.41, 5.74) is -4.82. The van der Waals surface area contributed by atoms with E-state index < -0.39 is 40.1 Å². The number of fused-ring (bicyclic) bond motifs is 5. The zero-order chi connectivity index (χ0) is 23.7. The first-order valence-electron chi connectivity index (χ1n) is 11.1. The van der Waals surface area contributed by atoms with Gasteiger partial charge in [-0.05, 0) is 50.7 Å². The first kappa shape index (κ1) is 24.0. The Labute approximate surface area is 197 Å². The van der Waals surface area contributed by atoms with Gasteiger partial charge in [-0.15, -0.1) is 11.6 Å². The van der Waals surface area contributed by atoms with Gasteiger partial charge in [-0.2, -0.15) is 0 Å². The summed E-state index contributed by atoms with van der Waals surface area (Å²) >= 11 is 6.75. The highest BCUT2D eigenvalue weighted by atomic mass is 35.5. The van der Waals surface area contributed by atoms with E-state index in [1.54, 1.807) is 13.0 Å². The highest BCUT2D eigenvalue weighted by Crippen LogP contribution is 2.71. The lowest BCUT2D eigenvalue weighted by Crippen LogP contribution is -2.69.